The zero-order valence-corrected chi connectivity index (χ0v) is 9.93. The Labute approximate surface area is 96.1 Å². The van der Waals surface area contributed by atoms with Crippen molar-refractivity contribution in [3.8, 4) is 0 Å². The number of hydrogen-bond acceptors (Lipinski definition) is 1. The van der Waals surface area contributed by atoms with E-state index in [-0.39, 0.29) is 5.41 Å². The fraction of sp³-hybridized carbons (Fsp3) is 0.385. The van der Waals surface area contributed by atoms with Crippen molar-refractivity contribution >= 4 is 17.2 Å². The van der Waals surface area contributed by atoms with Gasteiger partial charge in [-0.25, -0.2) is 0 Å². The third-order valence-corrected chi connectivity index (χ3v) is 3.15. The third-order valence-electron chi connectivity index (χ3n) is 2.90. The molecule has 0 amide bonds. The molecule has 0 radical (unpaired) electrons. The van der Waals surface area contributed by atoms with Gasteiger partial charge in [-0.2, -0.15) is 0 Å². The average Bonchev–Trinajstić information content (AvgIpc) is 2.19. The Hall–Kier alpha value is -0.790. The van der Waals surface area contributed by atoms with Gasteiger partial charge in [-0.15, -0.1) is 0 Å². The average molecular weight is 222 g/mol. The molecule has 1 aromatic carbocycles. The van der Waals surface area contributed by atoms with Crippen LogP contribution in [0.4, 0.5) is 0 Å². The molecular formula is C13H16ClN. The van der Waals surface area contributed by atoms with E-state index in [0.29, 0.717) is 0 Å². The Kier molecular flexibility index (Phi) is 2.85. The van der Waals surface area contributed by atoms with Crippen molar-refractivity contribution < 1.29 is 0 Å². The summed E-state index contributed by atoms with van der Waals surface area (Å²) in [7, 11) is 0. The lowest BCUT2D eigenvalue weighted by molar-refractivity contribution is 0.446. The second-order valence-electron chi connectivity index (χ2n) is 4.64. The van der Waals surface area contributed by atoms with E-state index < -0.39 is 0 Å². The molecule has 0 aromatic heterocycles. The van der Waals surface area contributed by atoms with E-state index in [1.165, 1.54) is 11.1 Å². The van der Waals surface area contributed by atoms with E-state index in [9.17, 15) is 0 Å². The van der Waals surface area contributed by atoms with Crippen molar-refractivity contribution in [3.63, 3.8) is 0 Å². The number of rotatable bonds is 1. The minimum Gasteiger partial charge on any atom is -0.312 e. The summed E-state index contributed by atoms with van der Waals surface area (Å²) in [5.74, 6) is 0. The van der Waals surface area contributed by atoms with E-state index in [4.69, 9.17) is 11.6 Å². The van der Waals surface area contributed by atoms with E-state index in [1.54, 1.807) is 0 Å². The maximum atomic E-state index is 5.89. The van der Waals surface area contributed by atoms with Gasteiger partial charge in [0.1, 0.15) is 0 Å². The van der Waals surface area contributed by atoms with Gasteiger partial charge in [0, 0.05) is 23.5 Å². The summed E-state index contributed by atoms with van der Waals surface area (Å²) in [5.41, 5.74) is 2.90. The summed E-state index contributed by atoms with van der Waals surface area (Å²) in [5, 5.41) is 4.18. The fourth-order valence-corrected chi connectivity index (χ4v) is 2.19. The van der Waals surface area contributed by atoms with Gasteiger partial charge in [0.2, 0.25) is 0 Å². The smallest absolute Gasteiger partial charge is 0.0406 e. The summed E-state index contributed by atoms with van der Waals surface area (Å²) in [6, 6.07) is 8.11. The maximum absolute atomic E-state index is 5.89. The molecule has 0 atom stereocenters. The van der Waals surface area contributed by atoms with Crippen LogP contribution in [0.3, 0.4) is 0 Å². The molecule has 0 saturated heterocycles. The lowest BCUT2D eigenvalue weighted by Gasteiger charge is -2.32. The van der Waals surface area contributed by atoms with Crippen LogP contribution in [0.25, 0.3) is 5.57 Å². The highest BCUT2D eigenvalue weighted by molar-refractivity contribution is 6.30. The van der Waals surface area contributed by atoms with Crippen molar-refractivity contribution in [3.05, 3.63) is 40.9 Å². The topological polar surface area (TPSA) is 12.0 Å². The molecule has 1 aliphatic rings. The maximum Gasteiger partial charge on any atom is 0.0406 e. The second kappa shape index (κ2) is 3.99. The number of halogens is 1. The minimum atomic E-state index is 0.200. The van der Waals surface area contributed by atoms with Crippen molar-refractivity contribution in [2.75, 3.05) is 13.1 Å². The highest BCUT2D eigenvalue weighted by Crippen LogP contribution is 2.35. The molecule has 0 saturated carbocycles. The Bertz CT molecular complexity index is 376. The molecular weight excluding hydrogens is 206 g/mol. The molecule has 1 N–H and O–H groups in total. The Morgan fingerprint density at radius 1 is 1.20 bits per heavy atom. The zero-order valence-electron chi connectivity index (χ0n) is 9.18. The summed E-state index contributed by atoms with van der Waals surface area (Å²) in [6.07, 6.45) is 2.27. The quantitative estimate of drug-likeness (QED) is 0.767. The van der Waals surface area contributed by atoms with Gasteiger partial charge in [-0.05, 0) is 23.3 Å². The molecule has 2 rings (SSSR count). The van der Waals surface area contributed by atoms with Crippen molar-refractivity contribution in [2.45, 2.75) is 13.8 Å². The normalized spacial score (nSPS) is 19.8. The molecule has 1 nitrogen and oxygen atoms in total. The second-order valence-corrected chi connectivity index (χ2v) is 5.08. The van der Waals surface area contributed by atoms with E-state index in [2.05, 4.69) is 37.4 Å². The van der Waals surface area contributed by atoms with E-state index in [1.807, 2.05) is 12.1 Å². The Balaban J connectivity index is 2.37. The van der Waals surface area contributed by atoms with Gasteiger partial charge in [0.25, 0.3) is 0 Å². The number of nitrogens with one attached hydrogen (secondary N) is 1. The van der Waals surface area contributed by atoms with Crippen molar-refractivity contribution in [2.24, 2.45) is 5.41 Å². The SMILES string of the molecule is CC1(C)CNCC=C1c1ccc(Cl)cc1. The van der Waals surface area contributed by atoms with Gasteiger partial charge < -0.3 is 5.32 Å². The minimum absolute atomic E-state index is 0.200. The lowest BCUT2D eigenvalue weighted by atomic mass is 9.78. The zero-order chi connectivity index (χ0) is 10.9. The standard InChI is InChI=1S/C13H16ClN/c1-13(2)9-15-8-7-12(13)10-3-5-11(14)6-4-10/h3-7,15H,8-9H2,1-2H3. The van der Waals surface area contributed by atoms with Gasteiger partial charge in [0.05, 0.1) is 0 Å². The van der Waals surface area contributed by atoms with Crippen LogP contribution in [0, 0.1) is 5.41 Å². The first-order valence-electron chi connectivity index (χ1n) is 5.27. The molecule has 1 aromatic rings. The summed E-state index contributed by atoms with van der Waals surface area (Å²) < 4.78 is 0. The van der Waals surface area contributed by atoms with Gasteiger partial charge in [-0.1, -0.05) is 43.7 Å². The van der Waals surface area contributed by atoms with Gasteiger partial charge in [-0.3, -0.25) is 0 Å². The van der Waals surface area contributed by atoms with Crippen LogP contribution in [0.5, 0.6) is 0 Å². The summed E-state index contributed by atoms with van der Waals surface area (Å²) >= 11 is 5.89. The predicted octanol–water partition coefficient (Wildman–Crippen LogP) is 3.35. The first-order valence-corrected chi connectivity index (χ1v) is 5.65. The van der Waals surface area contributed by atoms with Crippen LogP contribution >= 0.6 is 11.6 Å². The van der Waals surface area contributed by atoms with E-state index in [0.717, 1.165) is 18.1 Å². The molecule has 0 aliphatic carbocycles. The monoisotopic (exact) mass is 221 g/mol. The molecule has 0 fully saturated rings. The largest absolute Gasteiger partial charge is 0.312 e. The molecule has 0 spiro atoms. The lowest BCUT2D eigenvalue weighted by Crippen LogP contribution is -2.35. The number of benzene rings is 1. The highest BCUT2D eigenvalue weighted by Gasteiger charge is 2.26. The molecule has 80 valence electrons. The summed E-state index contributed by atoms with van der Waals surface area (Å²) in [6.45, 7) is 6.52. The van der Waals surface area contributed by atoms with Crippen molar-refractivity contribution in [1.82, 2.24) is 5.32 Å². The van der Waals surface area contributed by atoms with Crippen LogP contribution in [0.2, 0.25) is 5.02 Å². The van der Waals surface area contributed by atoms with Crippen molar-refractivity contribution in [1.29, 1.82) is 0 Å². The molecule has 15 heavy (non-hydrogen) atoms. The Morgan fingerprint density at radius 2 is 1.87 bits per heavy atom. The van der Waals surface area contributed by atoms with Crippen LogP contribution in [0.1, 0.15) is 19.4 Å². The van der Waals surface area contributed by atoms with Crippen LogP contribution in [-0.4, -0.2) is 13.1 Å². The predicted molar refractivity (Wildman–Crippen MR) is 66.1 cm³/mol. The first kappa shape index (κ1) is 10.7. The Morgan fingerprint density at radius 3 is 2.47 bits per heavy atom. The molecule has 1 aliphatic heterocycles. The molecule has 0 bridgehead atoms. The third kappa shape index (κ3) is 2.24. The first-order chi connectivity index (χ1) is 7.09. The van der Waals surface area contributed by atoms with Gasteiger partial charge >= 0.3 is 0 Å². The summed E-state index contributed by atoms with van der Waals surface area (Å²) in [4.78, 5) is 0. The van der Waals surface area contributed by atoms with Crippen LogP contribution < -0.4 is 5.32 Å². The highest BCUT2D eigenvalue weighted by atomic mass is 35.5. The molecule has 1 heterocycles. The fourth-order valence-electron chi connectivity index (χ4n) is 2.07. The van der Waals surface area contributed by atoms with E-state index >= 15 is 0 Å². The van der Waals surface area contributed by atoms with Crippen LogP contribution in [0.15, 0.2) is 30.3 Å². The van der Waals surface area contributed by atoms with Gasteiger partial charge in [0.15, 0.2) is 0 Å². The molecule has 2 heteroatoms. The molecule has 0 unspecified atom stereocenters. The van der Waals surface area contributed by atoms with Crippen LogP contribution in [-0.2, 0) is 0 Å². The number of hydrogen-bond donors (Lipinski definition) is 1.